The SMILES string of the molecule is O=C1CCC(C(=O)NC2CCCC(C(=O)N3CCC([C@H]4c5ncc(Br)cc5CCc5cc(Cl)cc(Br)c54)CC3)C2)CC1. The van der Waals surface area contributed by atoms with Crippen molar-refractivity contribution in [2.24, 2.45) is 17.8 Å². The molecule has 0 spiro atoms. The number of hydrogen-bond donors (Lipinski definition) is 1. The van der Waals surface area contributed by atoms with Crippen LogP contribution in [-0.2, 0) is 27.2 Å². The summed E-state index contributed by atoms with van der Waals surface area (Å²) in [5.74, 6) is 0.994. The number of nitrogens with one attached hydrogen (secondary N) is 1. The summed E-state index contributed by atoms with van der Waals surface area (Å²) in [5.41, 5.74) is 5.01. The number of benzene rings is 1. The van der Waals surface area contributed by atoms with Gasteiger partial charge in [0, 0.05) is 69.9 Å². The molecule has 1 N–H and O–H groups in total. The monoisotopic (exact) mass is 717 g/mol. The number of hydrogen-bond acceptors (Lipinski definition) is 4. The number of carbonyl (C=O) groups excluding carboxylic acids is 3. The van der Waals surface area contributed by atoms with E-state index in [9.17, 15) is 14.4 Å². The van der Waals surface area contributed by atoms with Crippen molar-refractivity contribution in [1.29, 1.82) is 0 Å². The Morgan fingerprint density at radius 1 is 0.905 bits per heavy atom. The lowest BCUT2D eigenvalue weighted by atomic mass is 9.76. The predicted octanol–water partition coefficient (Wildman–Crippen LogP) is 7.16. The Hall–Kier alpha value is -1.77. The lowest BCUT2D eigenvalue weighted by Crippen LogP contribution is -2.47. The molecule has 224 valence electrons. The van der Waals surface area contributed by atoms with E-state index in [0.717, 1.165) is 77.7 Å². The van der Waals surface area contributed by atoms with E-state index in [-0.39, 0.29) is 41.4 Å². The van der Waals surface area contributed by atoms with Crippen molar-refractivity contribution in [3.8, 4) is 0 Å². The van der Waals surface area contributed by atoms with E-state index in [0.29, 0.717) is 38.0 Å². The van der Waals surface area contributed by atoms with Gasteiger partial charge in [-0.2, -0.15) is 0 Å². The Labute approximate surface area is 270 Å². The molecule has 1 aromatic heterocycles. The summed E-state index contributed by atoms with van der Waals surface area (Å²) in [6.45, 7) is 1.49. The largest absolute Gasteiger partial charge is 0.353 e. The van der Waals surface area contributed by atoms with Crippen LogP contribution in [-0.4, -0.2) is 46.6 Å². The van der Waals surface area contributed by atoms with Gasteiger partial charge >= 0.3 is 0 Å². The van der Waals surface area contributed by atoms with Gasteiger partial charge in [0.05, 0.1) is 5.69 Å². The quantitative estimate of drug-likeness (QED) is 0.364. The highest BCUT2D eigenvalue weighted by Crippen LogP contribution is 2.46. The Morgan fingerprint density at radius 2 is 1.64 bits per heavy atom. The summed E-state index contributed by atoms with van der Waals surface area (Å²) in [4.78, 5) is 45.2. The van der Waals surface area contributed by atoms with E-state index < -0.39 is 0 Å². The number of rotatable bonds is 4. The number of ketones is 1. The van der Waals surface area contributed by atoms with E-state index in [4.69, 9.17) is 16.6 Å². The first kappa shape index (κ1) is 30.3. The molecule has 3 fully saturated rings. The van der Waals surface area contributed by atoms with Crippen molar-refractivity contribution in [3.63, 3.8) is 0 Å². The van der Waals surface area contributed by atoms with Crippen LogP contribution >= 0.6 is 43.5 Å². The lowest BCUT2D eigenvalue weighted by Gasteiger charge is -2.39. The van der Waals surface area contributed by atoms with Crippen LogP contribution in [0.4, 0.5) is 0 Å². The maximum Gasteiger partial charge on any atom is 0.225 e. The molecule has 6 rings (SSSR count). The molecule has 1 saturated heterocycles. The summed E-state index contributed by atoms with van der Waals surface area (Å²) in [7, 11) is 0. The second-order valence-corrected chi connectivity index (χ2v) is 14.9. The van der Waals surface area contributed by atoms with Gasteiger partial charge in [0.15, 0.2) is 0 Å². The normalized spacial score (nSPS) is 25.4. The van der Waals surface area contributed by atoms with E-state index in [1.54, 1.807) is 0 Å². The molecule has 2 unspecified atom stereocenters. The number of carbonyl (C=O) groups is 3. The van der Waals surface area contributed by atoms with Crippen molar-refractivity contribution in [2.45, 2.75) is 89.0 Å². The third-order valence-corrected chi connectivity index (χ3v) is 11.3. The summed E-state index contributed by atoms with van der Waals surface area (Å²) in [6.07, 6.45) is 11.4. The molecule has 9 heteroatoms. The minimum atomic E-state index is -0.0660. The van der Waals surface area contributed by atoms with Gasteiger partial charge in [-0.25, -0.2) is 0 Å². The smallest absolute Gasteiger partial charge is 0.225 e. The Morgan fingerprint density at radius 3 is 2.40 bits per heavy atom. The number of amides is 2. The number of nitrogens with zero attached hydrogens (tertiary/aromatic N) is 2. The summed E-state index contributed by atoms with van der Waals surface area (Å²) >= 11 is 14.0. The summed E-state index contributed by atoms with van der Waals surface area (Å²) in [6, 6.07) is 6.37. The summed E-state index contributed by atoms with van der Waals surface area (Å²) in [5, 5.41) is 3.98. The van der Waals surface area contributed by atoms with Crippen molar-refractivity contribution in [1.82, 2.24) is 15.2 Å². The highest BCUT2D eigenvalue weighted by molar-refractivity contribution is 9.10. The van der Waals surface area contributed by atoms with Gasteiger partial charge < -0.3 is 10.2 Å². The second kappa shape index (κ2) is 13.1. The molecule has 42 heavy (non-hydrogen) atoms. The molecule has 2 amide bonds. The van der Waals surface area contributed by atoms with Crippen LogP contribution in [0.1, 0.15) is 92.5 Å². The van der Waals surface area contributed by atoms with Gasteiger partial charge in [0.2, 0.25) is 11.8 Å². The van der Waals surface area contributed by atoms with Gasteiger partial charge in [-0.05, 0) is 115 Å². The van der Waals surface area contributed by atoms with Crippen LogP contribution in [0.2, 0.25) is 5.02 Å². The second-order valence-electron chi connectivity index (χ2n) is 12.7. The van der Waals surface area contributed by atoms with Crippen molar-refractivity contribution in [2.75, 3.05) is 13.1 Å². The Kier molecular flexibility index (Phi) is 9.42. The van der Waals surface area contributed by atoms with Gasteiger partial charge in [0.1, 0.15) is 5.78 Å². The van der Waals surface area contributed by atoms with E-state index in [1.807, 2.05) is 12.3 Å². The molecule has 3 aliphatic carbocycles. The molecule has 4 aliphatic rings. The molecule has 0 bridgehead atoms. The van der Waals surface area contributed by atoms with Gasteiger partial charge in [0.25, 0.3) is 0 Å². The molecule has 1 aromatic carbocycles. The minimum absolute atomic E-state index is 0.0387. The van der Waals surface area contributed by atoms with Gasteiger partial charge in [-0.15, -0.1) is 0 Å². The first-order valence-corrected chi connectivity index (χ1v) is 17.5. The highest BCUT2D eigenvalue weighted by Gasteiger charge is 2.38. The first-order valence-electron chi connectivity index (χ1n) is 15.5. The molecule has 2 saturated carbocycles. The molecule has 3 atom stereocenters. The average Bonchev–Trinajstić information content (AvgIpc) is 3.14. The third-order valence-electron chi connectivity index (χ3n) is 10.0. The van der Waals surface area contributed by atoms with Crippen LogP contribution in [0.3, 0.4) is 0 Å². The van der Waals surface area contributed by atoms with Crippen LogP contribution in [0.5, 0.6) is 0 Å². The zero-order valence-corrected chi connectivity index (χ0v) is 27.8. The third kappa shape index (κ3) is 6.51. The molecule has 0 radical (unpaired) electrons. The van der Waals surface area contributed by atoms with Crippen LogP contribution in [0, 0.1) is 17.8 Å². The number of piperidine rings is 1. The fourth-order valence-electron chi connectivity index (χ4n) is 7.81. The number of Topliss-reactive ketones (excluding diaryl/α,β-unsaturated/α-hetero) is 1. The predicted molar refractivity (Wildman–Crippen MR) is 170 cm³/mol. The van der Waals surface area contributed by atoms with E-state index in [1.165, 1.54) is 16.7 Å². The number of fused-ring (bicyclic) bond motifs is 2. The standard InChI is InChI=1S/C33H38Br2ClN3O3/c34-24-14-22-5-4-21-15-25(36)17-28(35)29(21)30(31(22)37-18-24)19-10-12-39(13-11-19)33(42)23-2-1-3-26(16-23)38-32(41)20-6-8-27(40)9-7-20/h14-15,17-20,23,26,30H,1-13,16H2,(H,38,41)/t23?,26?,30-/m1/s1. The number of halogens is 3. The maximum absolute atomic E-state index is 13.7. The van der Waals surface area contributed by atoms with Crippen LogP contribution in [0.15, 0.2) is 33.3 Å². The lowest BCUT2D eigenvalue weighted by molar-refractivity contribution is -0.139. The van der Waals surface area contributed by atoms with Crippen molar-refractivity contribution < 1.29 is 14.4 Å². The zero-order valence-electron chi connectivity index (χ0n) is 23.8. The number of likely N-dealkylation sites (tertiary alicyclic amines) is 1. The number of aryl methyl sites for hydroxylation is 2. The Balaban J connectivity index is 1.12. The fraction of sp³-hybridized carbons (Fsp3) is 0.576. The molecular weight excluding hydrogens is 682 g/mol. The van der Waals surface area contributed by atoms with Crippen molar-refractivity contribution >= 4 is 61.1 Å². The molecule has 1 aliphatic heterocycles. The van der Waals surface area contributed by atoms with Gasteiger partial charge in [-0.1, -0.05) is 34.0 Å². The number of aromatic nitrogens is 1. The van der Waals surface area contributed by atoms with E-state index >= 15 is 0 Å². The van der Waals surface area contributed by atoms with Gasteiger partial charge in [-0.3, -0.25) is 19.4 Å². The zero-order chi connectivity index (χ0) is 29.4. The molecule has 2 aromatic rings. The fourth-order valence-corrected chi connectivity index (χ4v) is 9.31. The van der Waals surface area contributed by atoms with Crippen molar-refractivity contribution in [3.05, 3.63) is 60.7 Å². The number of pyridine rings is 1. The van der Waals surface area contributed by atoms with E-state index in [2.05, 4.69) is 54.2 Å². The minimum Gasteiger partial charge on any atom is -0.353 e. The maximum atomic E-state index is 13.7. The van der Waals surface area contributed by atoms with Crippen LogP contribution in [0.25, 0.3) is 0 Å². The molecular formula is C33H38Br2ClN3O3. The highest BCUT2D eigenvalue weighted by atomic mass is 79.9. The topological polar surface area (TPSA) is 79.4 Å². The molecule has 2 heterocycles. The average molecular weight is 720 g/mol. The molecule has 6 nitrogen and oxygen atoms in total. The van der Waals surface area contributed by atoms with Crippen LogP contribution < -0.4 is 5.32 Å². The summed E-state index contributed by atoms with van der Waals surface area (Å²) < 4.78 is 2.04. The Bertz CT molecular complexity index is 1370. The first-order chi connectivity index (χ1) is 20.3.